The number of nitrogens with one attached hydrogen (secondary N) is 2. The van der Waals surface area contributed by atoms with E-state index in [1.165, 1.54) is 10.9 Å². The molecule has 4 unspecified atom stereocenters. The maximum absolute atomic E-state index is 13.1. The van der Waals surface area contributed by atoms with Gasteiger partial charge in [0, 0.05) is 11.8 Å². The monoisotopic (exact) mass is 669 g/mol. The lowest BCUT2D eigenvalue weighted by Gasteiger charge is -2.40. The van der Waals surface area contributed by atoms with Crippen LogP contribution in [-0.4, -0.2) is 75.3 Å². The van der Waals surface area contributed by atoms with Crippen molar-refractivity contribution in [2.24, 2.45) is 11.8 Å². The number of amides is 1. The molecule has 4 N–H and O–H groups in total. The summed E-state index contributed by atoms with van der Waals surface area (Å²) in [5.74, 6) is -0.177. The molecule has 0 bridgehead atoms. The van der Waals surface area contributed by atoms with E-state index in [9.17, 15) is 19.8 Å². The fourth-order valence-corrected chi connectivity index (χ4v) is 6.21. The van der Waals surface area contributed by atoms with E-state index in [-0.39, 0.29) is 28.9 Å². The molecule has 3 aromatic carbocycles. The Morgan fingerprint density at radius 1 is 0.939 bits per heavy atom. The summed E-state index contributed by atoms with van der Waals surface area (Å²) in [6.45, 7) is 2.64. The van der Waals surface area contributed by atoms with Gasteiger partial charge in [-0.3, -0.25) is 24.5 Å². The van der Waals surface area contributed by atoms with Crippen LogP contribution in [0.1, 0.15) is 36.8 Å². The molecule has 1 amide bonds. The highest BCUT2D eigenvalue weighted by Crippen LogP contribution is 2.48. The first kappa shape index (κ1) is 33.8. The molecule has 1 fully saturated rings. The predicted octanol–water partition coefficient (Wildman–Crippen LogP) is 3.61. The lowest BCUT2D eigenvalue weighted by molar-refractivity contribution is -0.119. The molecule has 13 nitrogen and oxygen atoms in total. The molecule has 256 valence electrons. The Balaban J connectivity index is 1.56. The highest BCUT2D eigenvalue weighted by Gasteiger charge is 2.51. The summed E-state index contributed by atoms with van der Waals surface area (Å²) in [5.41, 5.74) is 0.533. The molecule has 5 aromatic rings. The predicted molar refractivity (Wildman–Crippen MR) is 180 cm³/mol. The summed E-state index contributed by atoms with van der Waals surface area (Å²) in [5, 5.41) is 23.9. The second kappa shape index (κ2) is 14.2. The van der Waals surface area contributed by atoms with Crippen molar-refractivity contribution in [2.75, 3.05) is 32.8 Å². The summed E-state index contributed by atoms with van der Waals surface area (Å²) in [6, 6.07) is 24.7. The van der Waals surface area contributed by atoms with Crippen LogP contribution in [0.15, 0.2) is 90.0 Å². The number of imidazole rings is 1. The van der Waals surface area contributed by atoms with E-state index < -0.39 is 48.7 Å². The number of anilines is 1. The van der Waals surface area contributed by atoms with Crippen molar-refractivity contribution < 1.29 is 34.0 Å². The topological polar surface area (TPSA) is 170 Å². The molecular weight excluding hydrogens is 630 g/mol. The molecule has 49 heavy (non-hydrogen) atoms. The number of hydrogen-bond acceptors (Lipinski definition) is 10. The Bertz CT molecular complexity index is 1900. The molecule has 13 heteroatoms. The van der Waals surface area contributed by atoms with Crippen LogP contribution in [0.4, 0.5) is 5.95 Å². The highest BCUT2D eigenvalue weighted by molar-refractivity contribution is 5.91. The average Bonchev–Trinajstić information content (AvgIpc) is 3.71. The van der Waals surface area contributed by atoms with Crippen molar-refractivity contribution >= 4 is 23.0 Å². The quantitative estimate of drug-likeness (QED) is 0.144. The molecule has 6 rings (SSSR count). The smallest absolute Gasteiger partial charge is 0.280 e. The first-order valence-corrected chi connectivity index (χ1v) is 15.9. The Hall–Kier alpha value is -5.08. The number of carbonyl (C=O) groups is 1. The summed E-state index contributed by atoms with van der Waals surface area (Å²) in [7, 11) is 3.18. The Morgan fingerprint density at radius 2 is 1.53 bits per heavy atom. The van der Waals surface area contributed by atoms with Crippen molar-refractivity contribution in [2.45, 2.75) is 37.9 Å². The number of H-pyrrole nitrogens is 1. The van der Waals surface area contributed by atoms with Gasteiger partial charge in [0.05, 0.1) is 39.9 Å². The number of rotatable bonds is 12. The lowest BCUT2D eigenvalue weighted by atomic mass is 9.79. The molecule has 3 heterocycles. The number of aromatic nitrogens is 4. The van der Waals surface area contributed by atoms with Crippen LogP contribution in [0.3, 0.4) is 0 Å². The Labute approximate surface area is 282 Å². The molecule has 0 spiro atoms. The fourth-order valence-electron chi connectivity index (χ4n) is 6.21. The molecule has 0 aliphatic carbocycles. The maximum atomic E-state index is 13.1. The van der Waals surface area contributed by atoms with Gasteiger partial charge in [0.15, 0.2) is 17.4 Å². The minimum Gasteiger partial charge on any atom is -0.497 e. The van der Waals surface area contributed by atoms with Crippen LogP contribution in [-0.2, 0) is 19.9 Å². The fraction of sp³-hybridized carbons (Fsp3) is 0.333. The van der Waals surface area contributed by atoms with Gasteiger partial charge in [-0.1, -0.05) is 68.4 Å². The van der Waals surface area contributed by atoms with Crippen molar-refractivity contribution in [3.05, 3.63) is 112 Å². The third-order valence-electron chi connectivity index (χ3n) is 8.84. The number of aliphatic hydroxyl groups is 2. The minimum absolute atomic E-state index is 0.0116. The standard InChI is InChI=1S/C36H39N5O8/c1-21(2)32(44)39-35-38-31-29(33(45)40-35)37-20-41(31)34-30(27(18-42)28(19-43)48-34)49-36(22-8-6-5-7-9-22,23-10-14-25(46-3)15-11-23)24-12-16-26(47-4)17-13-24/h5-17,20-21,27-28,30,34,42-43H,18-19H2,1-4H3,(H2,38,39,40,44,45). The van der Waals surface area contributed by atoms with Gasteiger partial charge in [-0.25, -0.2) is 4.98 Å². The van der Waals surface area contributed by atoms with E-state index in [0.717, 1.165) is 16.7 Å². The first-order valence-electron chi connectivity index (χ1n) is 15.9. The number of methoxy groups -OCH3 is 2. The molecular formula is C36H39N5O8. The molecule has 1 aliphatic rings. The molecule has 1 aliphatic heterocycles. The van der Waals surface area contributed by atoms with Crippen molar-refractivity contribution in [3.63, 3.8) is 0 Å². The van der Waals surface area contributed by atoms with Gasteiger partial charge < -0.3 is 29.2 Å². The van der Waals surface area contributed by atoms with Crippen molar-refractivity contribution in [1.29, 1.82) is 0 Å². The van der Waals surface area contributed by atoms with E-state index in [1.54, 1.807) is 28.1 Å². The number of ether oxygens (including phenoxy) is 4. The van der Waals surface area contributed by atoms with E-state index in [0.29, 0.717) is 11.5 Å². The van der Waals surface area contributed by atoms with E-state index in [4.69, 9.17) is 18.9 Å². The summed E-state index contributed by atoms with van der Waals surface area (Å²) in [4.78, 5) is 37.0. The normalized spacial score (nSPS) is 19.3. The van der Waals surface area contributed by atoms with Gasteiger partial charge in [-0.05, 0) is 41.0 Å². The molecule has 0 radical (unpaired) electrons. The van der Waals surface area contributed by atoms with Gasteiger partial charge >= 0.3 is 0 Å². The highest BCUT2D eigenvalue weighted by atomic mass is 16.6. The Morgan fingerprint density at radius 3 is 2.06 bits per heavy atom. The van der Waals surface area contributed by atoms with Gasteiger partial charge in [-0.15, -0.1) is 0 Å². The van der Waals surface area contributed by atoms with E-state index in [1.807, 2.05) is 78.9 Å². The zero-order valence-electron chi connectivity index (χ0n) is 27.6. The van der Waals surface area contributed by atoms with Gasteiger partial charge in [0.1, 0.15) is 23.2 Å². The maximum Gasteiger partial charge on any atom is 0.280 e. The Kier molecular flexibility index (Phi) is 9.79. The third-order valence-corrected chi connectivity index (χ3v) is 8.84. The second-order valence-electron chi connectivity index (χ2n) is 12.1. The van der Waals surface area contributed by atoms with Crippen LogP contribution in [0.2, 0.25) is 0 Å². The number of fused-ring (bicyclic) bond motifs is 1. The first-order chi connectivity index (χ1) is 23.7. The minimum atomic E-state index is -1.30. The lowest BCUT2D eigenvalue weighted by Crippen LogP contribution is -2.43. The SMILES string of the molecule is COc1ccc(C(OC2C(CO)C(CO)OC2n2cnc3c(=O)[nH]c(NC(=O)C(C)C)nc32)(c2ccccc2)c2ccc(OC)cc2)cc1. The van der Waals surface area contributed by atoms with Crippen molar-refractivity contribution in [1.82, 2.24) is 19.5 Å². The molecule has 4 atom stereocenters. The zero-order chi connectivity index (χ0) is 34.7. The van der Waals surface area contributed by atoms with Gasteiger partial charge in [0.25, 0.3) is 5.56 Å². The van der Waals surface area contributed by atoms with Crippen LogP contribution in [0.25, 0.3) is 11.2 Å². The number of aliphatic hydroxyl groups excluding tert-OH is 2. The number of nitrogens with zero attached hydrogens (tertiary/aromatic N) is 3. The largest absolute Gasteiger partial charge is 0.497 e. The van der Waals surface area contributed by atoms with E-state index in [2.05, 4.69) is 20.3 Å². The third kappa shape index (κ3) is 6.29. The number of carbonyl (C=O) groups excluding carboxylic acids is 1. The van der Waals surface area contributed by atoms with Gasteiger partial charge in [-0.2, -0.15) is 4.98 Å². The second-order valence-corrected chi connectivity index (χ2v) is 12.1. The van der Waals surface area contributed by atoms with Crippen LogP contribution in [0.5, 0.6) is 11.5 Å². The molecule has 1 saturated heterocycles. The summed E-state index contributed by atoms with van der Waals surface area (Å²) >= 11 is 0. The average molecular weight is 670 g/mol. The number of benzene rings is 3. The summed E-state index contributed by atoms with van der Waals surface area (Å²) < 4.78 is 26.3. The zero-order valence-corrected chi connectivity index (χ0v) is 27.6. The number of hydrogen-bond donors (Lipinski definition) is 4. The van der Waals surface area contributed by atoms with Crippen LogP contribution in [0, 0.1) is 11.8 Å². The van der Waals surface area contributed by atoms with Crippen molar-refractivity contribution in [3.8, 4) is 11.5 Å². The number of aromatic amines is 1. The summed E-state index contributed by atoms with van der Waals surface area (Å²) in [6.07, 6.45) is -1.42. The van der Waals surface area contributed by atoms with Crippen LogP contribution >= 0.6 is 0 Å². The molecule has 0 saturated carbocycles. The van der Waals surface area contributed by atoms with E-state index >= 15 is 0 Å². The molecule has 2 aromatic heterocycles. The van der Waals surface area contributed by atoms with Crippen LogP contribution < -0.4 is 20.3 Å². The van der Waals surface area contributed by atoms with Gasteiger partial charge in [0.2, 0.25) is 11.9 Å².